The smallest absolute Gasteiger partial charge is 0.341 e. The Morgan fingerprint density at radius 2 is 1.96 bits per heavy atom. The molecule has 6 heteroatoms. The fourth-order valence-electron chi connectivity index (χ4n) is 2.74. The van der Waals surface area contributed by atoms with Crippen LogP contribution in [0.5, 0.6) is 5.75 Å². The fourth-order valence-corrected chi connectivity index (χ4v) is 2.74. The van der Waals surface area contributed by atoms with Crippen LogP contribution in [-0.4, -0.2) is 33.0 Å². The zero-order valence-electron chi connectivity index (χ0n) is 15.4. The van der Waals surface area contributed by atoms with Crippen molar-refractivity contribution in [3.63, 3.8) is 0 Å². The van der Waals surface area contributed by atoms with Crippen LogP contribution in [0.1, 0.15) is 27.4 Å². The molecule has 0 atom stereocenters. The van der Waals surface area contributed by atoms with Gasteiger partial charge in [-0.05, 0) is 48.9 Å². The van der Waals surface area contributed by atoms with E-state index in [-0.39, 0.29) is 12.4 Å². The molecule has 1 N–H and O–H groups in total. The fraction of sp³-hybridized carbons (Fsp3) is 0.136. The summed E-state index contributed by atoms with van der Waals surface area (Å²) in [5.41, 5.74) is 2.67. The first kappa shape index (κ1) is 19.1. The molecule has 0 amide bonds. The molecule has 0 saturated carbocycles. The van der Waals surface area contributed by atoms with Gasteiger partial charge in [0.25, 0.3) is 0 Å². The summed E-state index contributed by atoms with van der Waals surface area (Å²) >= 11 is 0. The number of benzene rings is 1. The molecule has 0 aliphatic carbocycles. The van der Waals surface area contributed by atoms with Crippen LogP contribution in [0, 0.1) is 6.92 Å². The molecule has 3 rings (SSSR count). The number of rotatable bonds is 8. The van der Waals surface area contributed by atoms with Gasteiger partial charge in [0.15, 0.2) is 6.61 Å². The summed E-state index contributed by atoms with van der Waals surface area (Å²) in [6.45, 7) is 1.99. The first-order chi connectivity index (χ1) is 13.5. The average molecular weight is 376 g/mol. The van der Waals surface area contributed by atoms with E-state index in [0.717, 1.165) is 11.3 Å². The predicted octanol–water partition coefficient (Wildman–Crippen LogP) is 3.60. The molecule has 0 spiro atoms. The van der Waals surface area contributed by atoms with E-state index in [2.05, 4.69) is 4.98 Å². The molecule has 0 bridgehead atoms. The summed E-state index contributed by atoms with van der Waals surface area (Å²) < 4.78 is 7.03. The molecule has 3 aromatic rings. The highest BCUT2D eigenvalue weighted by atomic mass is 16.5. The number of ketones is 1. The highest BCUT2D eigenvalue weighted by molar-refractivity contribution is 6.06. The van der Waals surface area contributed by atoms with Crippen molar-refractivity contribution in [3.05, 3.63) is 89.5 Å². The number of carbonyl (C=O) groups is 2. The zero-order chi connectivity index (χ0) is 19.9. The SMILES string of the molecule is Cc1cccc(C(=O)c2cccn2CC=Cc2cccc(OCC(=O)O)c2)n1. The Kier molecular flexibility index (Phi) is 6.01. The number of hydrogen-bond acceptors (Lipinski definition) is 4. The van der Waals surface area contributed by atoms with E-state index in [1.807, 2.05) is 54.1 Å². The van der Waals surface area contributed by atoms with Crippen molar-refractivity contribution >= 4 is 17.8 Å². The summed E-state index contributed by atoms with van der Waals surface area (Å²) in [6, 6.07) is 16.2. The molecule has 1 aromatic carbocycles. The van der Waals surface area contributed by atoms with E-state index in [4.69, 9.17) is 9.84 Å². The highest BCUT2D eigenvalue weighted by Crippen LogP contribution is 2.15. The third-order valence-corrected chi connectivity index (χ3v) is 4.02. The van der Waals surface area contributed by atoms with Crippen molar-refractivity contribution in [1.29, 1.82) is 0 Å². The largest absolute Gasteiger partial charge is 0.482 e. The van der Waals surface area contributed by atoms with Gasteiger partial charge in [0.05, 0.1) is 5.69 Å². The molecule has 0 saturated heterocycles. The molecular weight excluding hydrogens is 356 g/mol. The Bertz CT molecular complexity index is 1020. The van der Waals surface area contributed by atoms with Crippen LogP contribution in [-0.2, 0) is 11.3 Å². The van der Waals surface area contributed by atoms with Gasteiger partial charge < -0.3 is 14.4 Å². The third kappa shape index (κ3) is 4.94. The maximum atomic E-state index is 12.7. The van der Waals surface area contributed by atoms with Crippen LogP contribution in [0.15, 0.2) is 66.9 Å². The molecule has 2 aromatic heterocycles. The van der Waals surface area contributed by atoms with Gasteiger partial charge in [0.2, 0.25) is 5.78 Å². The van der Waals surface area contributed by atoms with Gasteiger partial charge in [-0.15, -0.1) is 0 Å². The first-order valence-electron chi connectivity index (χ1n) is 8.77. The number of allylic oxidation sites excluding steroid dienone is 1. The molecule has 0 radical (unpaired) electrons. The molecule has 28 heavy (non-hydrogen) atoms. The lowest BCUT2D eigenvalue weighted by Crippen LogP contribution is -2.11. The summed E-state index contributed by atoms with van der Waals surface area (Å²) in [5, 5.41) is 8.69. The van der Waals surface area contributed by atoms with Crippen molar-refractivity contribution in [2.75, 3.05) is 6.61 Å². The highest BCUT2D eigenvalue weighted by Gasteiger charge is 2.14. The van der Waals surface area contributed by atoms with E-state index < -0.39 is 5.97 Å². The minimum Gasteiger partial charge on any atom is -0.482 e. The number of nitrogens with zero attached hydrogens (tertiary/aromatic N) is 2. The minimum atomic E-state index is -1.02. The van der Waals surface area contributed by atoms with Gasteiger partial charge in [0, 0.05) is 18.4 Å². The van der Waals surface area contributed by atoms with Crippen molar-refractivity contribution in [2.45, 2.75) is 13.5 Å². The van der Waals surface area contributed by atoms with E-state index in [0.29, 0.717) is 23.7 Å². The molecule has 2 heterocycles. The van der Waals surface area contributed by atoms with Gasteiger partial charge in [-0.3, -0.25) is 4.79 Å². The summed E-state index contributed by atoms with van der Waals surface area (Å²) in [5.74, 6) is -0.646. The van der Waals surface area contributed by atoms with Gasteiger partial charge in [-0.1, -0.05) is 30.4 Å². The van der Waals surface area contributed by atoms with Crippen LogP contribution < -0.4 is 4.74 Å². The molecule has 0 aliphatic rings. The lowest BCUT2D eigenvalue weighted by atomic mass is 10.2. The van der Waals surface area contributed by atoms with E-state index in [1.54, 1.807) is 30.3 Å². The molecule has 142 valence electrons. The summed E-state index contributed by atoms with van der Waals surface area (Å²) in [4.78, 5) is 27.6. The lowest BCUT2D eigenvalue weighted by Gasteiger charge is -2.06. The number of pyridine rings is 1. The molecular formula is C22H20N2O4. The summed E-state index contributed by atoms with van der Waals surface area (Å²) in [7, 11) is 0. The van der Waals surface area contributed by atoms with Gasteiger partial charge in [-0.25, -0.2) is 9.78 Å². The second kappa shape index (κ2) is 8.81. The quantitative estimate of drug-likeness (QED) is 0.608. The Morgan fingerprint density at radius 3 is 2.75 bits per heavy atom. The number of aromatic nitrogens is 2. The number of aliphatic carboxylic acids is 1. The summed E-state index contributed by atoms with van der Waals surface area (Å²) in [6.07, 6.45) is 5.67. The van der Waals surface area contributed by atoms with Crippen LogP contribution in [0.25, 0.3) is 6.08 Å². The van der Waals surface area contributed by atoms with E-state index >= 15 is 0 Å². The monoisotopic (exact) mass is 376 g/mol. The minimum absolute atomic E-state index is 0.119. The standard InChI is InChI=1S/C22H20N2O4/c1-16-6-2-10-19(23-16)22(27)20-11-5-13-24(20)12-4-8-17-7-3-9-18(14-17)28-15-21(25)26/h2-11,13-14H,12,15H2,1H3,(H,25,26). The average Bonchev–Trinajstić information content (AvgIpc) is 3.14. The normalized spacial score (nSPS) is 10.9. The molecule has 0 fully saturated rings. The number of ether oxygens (including phenoxy) is 1. The second-order valence-electron chi connectivity index (χ2n) is 6.20. The van der Waals surface area contributed by atoms with Gasteiger partial charge in [-0.2, -0.15) is 0 Å². The van der Waals surface area contributed by atoms with Crippen molar-refractivity contribution in [3.8, 4) is 5.75 Å². The van der Waals surface area contributed by atoms with E-state index in [1.165, 1.54) is 0 Å². The zero-order valence-corrected chi connectivity index (χ0v) is 15.4. The van der Waals surface area contributed by atoms with E-state index in [9.17, 15) is 9.59 Å². The van der Waals surface area contributed by atoms with Crippen LogP contribution >= 0.6 is 0 Å². The van der Waals surface area contributed by atoms with Gasteiger partial charge >= 0.3 is 5.97 Å². The Morgan fingerprint density at radius 1 is 1.14 bits per heavy atom. The number of carboxylic acids is 1. The lowest BCUT2D eigenvalue weighted by molar-refractivity contribution is -0.139. The first-order valence-corrected chi connectivity index (χ1v) is 8.77. The molecule has 0 aliphatic heterocycles. The van der Waals surface area contributed by atoms with Gasteiger partial charge in [0.1, 0.15) is 11.4 Å². The van der Waals surface area contributed by atoms with Crippen molar-refractivity contribution in [1.82, 2.24) is 9.55 Å². The predicted molar refractivity (Wildman–Crippen MR) is 105 cm³/mol. The van der Waals surface area contributed by atoms with Crippen LogP contribution in [0.4, 0.5) is 0 Å². The van der Waals surface area contributed by atoms with Crippen molar-refractivity contribution in [2.24, 2.45) is 0 Å². The molecule has 6 nitrogen and oxygen atoms in total. The van der Waals surface area contributed by atoms with Crippen LogP contribution in [0.3, 0.4) is 0 Å². The third-order valence-electron chi connectivity index (χ3n) is 4.02. The van der Waals surface area contributed by atoms with Crippen LogP contribution in [0.2, 0.25) is 0 Å². The topological polar surface area (TPSA) is 81.4 Å². The van der Waals surface area contributed by atoms with Crippen molar-refractivity contribution < 1.29 is 19.4 Å². The Hall–Kier alpha value is -3.67. The Labute approximate surface area is 162 Å². The number of hydrogen-bond donors (Lipinski definition) is 1. The number of carbonyl (C=O) groups excluding carboxylic acids is 1. The second-order valence-corrected chi connectivity index (χ2v) is 6.20. The molecule has 0 unspecified atom stereocenters. The number of carboxylic acid groups (broad SMARTS) is 1. The maximum absolute atomic E-state index is 12.7. The maximum Gasteiger partial charge on any atom is 0.341 e. The number of aryl methyl sites for hydroxylation is 1. The Balaban J connectivity index is 1.69.